The van der Waals surface area contributed by atoms with Gasteiger partial charge in [0.05, 0.1) is 35.7 Å². The maximum atomic E-state index is 13.4. The number of rotatable bonds is 5. The Balaban J connectivity index is 1.93. The number of pyridine rings is 1. The van der Waals surface area contributed by atoms with Crippen molar-refractivity contribution in [2.24, 2.45) is 0 Å². The second-order valence-electron chi connectivity index (χ2n) is 6.80. The normalized spacial score (nSPS) is 15.2. The van der Waals surface area contributed by atoms with Gasteiger partial charge in [-0.1, -0.05) is 23.2 Å². The lowest BCUT2D eigenvalue weighted by Crippen LogP contribution is -2.40. The Hall–Kier alpha value is -2.43. The van der Waals surface area contributed by atoms with E-state index in [1.807, 2.05) is 0 Å². The van der Waals surface area contributed by atoms with Crippen molar-refractivity contribution in [1.29, 1.82) is 0 Å². The summed E-state index contributed by atoms with van der Waals surface area (Å²) in [5.74, 6) is -1.21. The number of morpholine rings is 1. The summed E-state index contributed by atoms with van der Waals surface area (Å²) >= 11 is 12.1. The fourth-order valence-electron chi connectivity index (χ4n) is 3.33. The van der Waals surface area contributed by atoms with Crippen LogP contribution in [0, 0.1) is 0 Å². The Morgan fingerprint density at radius 1 is 1.10 bits per heavy atom. The summed E-state index contributed by atoms with van der Waals surface area (Å²) in [7, 11) is -3.95. The van der Waals surface area contributed by atoms with Gasteiger partial charge >= 0.3 is 5.97 Å². The molecule has 2 aromatic carbocycles. The highest BCUT2D eigenvalue weighted by Crippen LogP contribution is 2.36. The lowest BCUT2D eigenvalue weighted by Gasteiger charge is -2.27. The number of aromatic nitrogens is 1. The molecule has 1 fully saturated rings. The van der Waals surface area contributed by atoms with Crippen LogP contribution in [0.5, 0.6) is 0 Å². The number of sulfonamides is 1. The molecule has 1 aromatic heterocycles. The van der Waals surface area contributed by atoms with Gasteiger partial charge in [0.15, 0.2) is 0 Å². The van der Waals surface area contributed by atoms with Crippen LogP contribution in [-0.4, -0.2) is 55.1 Å². The fourth-order valence-corrected chi connectivity index (χ4v) is 5.19. The molecule has 8 nitrogen and oxygen atoms in total. The number of benzene rings is 2. The van der Waals surface area contributed by atoms with Crippen LogP contribution in [0.15, 0.2) is 47.5 Å². The number of carboxylic acid groups (broad SMARTS) is 1. The minimum atomic E-state index is -3.95. The van der Waals surface area contributed by atoms with Gasteiger partial charge in [-0.15, -0.1) is 0 Å². The summed E-state index contributed by atoms with van der Waals surface area (Å²) < 4.78 is 33.4. The van der Waals surface area contributed by atoms with Crippen LogP contribution in [0.1, 0.15) is 10.4 Å². The third-order valence-corrected chi connectivity index (χ3v) is 7.24. The first-order chi connectivity index (χ1) is 14.8. The van der Waals surface area contributed by atoms with Crippen molar-refractivity contribution in [3.05, 3.63) is 58.2 Å². The van der Waals surface area contributed by atoms with Crippen LogP contribution in [0.4, 0.5) is 11.4 Å². The van der Waals surface area contributed by atoms with E-state index in [0.717, 1.165) is 0 Å². The highest BCUT2D eigenvalue weighted by atomic mass is 35.5. The molecule has 1 aliphatic heterocycles. The summed E-state index contributed by atoms with van der Waals surface area (Å²) in [6.07, 6.45) is 1.26. The molecule has 4 rings (SSSR count). The van der Waals surface area contributed by atoms with Gasteiger partial charge in [0.1, 0.15) is 4.90 Å². The molecule has 0 atom stereocenters. The number of nitrogens with zero attached hydrogens (tertiary/aromatic N) is 2. The summed E-state index contributed by atoms with van der Waals surface area (Å²) in [5.41, 5.74) is 0.763. The van der Waals surface area contributed by atoms with E-state index in [1.165, 1.54) is 28.7 Å². The molecule has 2 heterocycles. The van der Waals surface area contributed by atoms with Gasteiger partial charge in [-0.05, 0) is 36.4 Å². The largest absolute Gasteiger partial charge is 0.478 e. The van der Waals surface area contributed by atoms with Crippen LogP contribution in [0.2, 0.25) is 10.0 Å². The number of halogens is 2. The van der Waals surface area contributed by atoms with Gasteiger partial charge < -0.3 is 15.2 Å². The molecule has 0 unspecified atom stereocenters. The number of carbonyl (C=O) groups is 1. The molecule has 0 saturated carbocycles. The molecule has 11 heteroatoms. The summed E-state index contributed by atoms with van der Waals surface area (Å²) in [6.45, 7) is 0.984. The summed E-state index contributed by atoms with van der Waals surface area (Å²) in [5, 5.41) is 13.6. The number of carboxylic acids is 1. The predicted octanol–water partition coefficient (Wildman–Crippen LogP) is 4.00. The third-order valence-electron chi connectivity index (χ3n) is 4.85. The molecule has 31 heavy (non-hydrogen) atoms. The zero-order chi connectivity index (χ0) is 22.2. The molecule has 2 N–H and O–H groups in total. The fraction of sp³-hybridized carbons (Fsp3) is 0.200. The second kappa shape index (κ2) is 8.60. The van der Waals surface area contributed by atoms with Gasteiger partial charge in [-0.25, -0.2) is 13.2 Å². The molecule has 0 spiro atoms. The first-order valence-electron chi connectivity index (χ1n) is 9.23. The van der Waals surface area contributed by atoms with Crippen LogP contribution in [0.3, 0.4) is 0 Å². The Bertz CT molecular complexity index is 1280. The Morgan fingerprint density at radius 2 is 1.77 bits per heavy atom. The molecule has 0 bridgehead atoms. The van der Waals surface area contributed by atoms with E-state index < -0.39 is 16.0 Å². The molecule has 1 saturated heterocycles. The smallest absolute Gasteiger partial charge is 0.337 e. The average Bonchev–Trinajstić information content (AvgIpc) is 2.75. The maximum Gasteiger partial charge on any atom is 0.337 e. The highest BCUT2D eigenvalue weighted by molar-refractivity contribution is 7.89. The molecule has 3 aromatic rings. The minimum absolute atomic E-state index is 0.0875. The van der Waals surface area contributed by atoms with Gasteiger partial charge in [-0.3, -0.25) is 4.98 Å². The first kappa shape index (κ1) is 21.8. The topological polar surface area (TPSA) is 109 Å². The van der Waals surface area contributed by atoms with Crippen molar-refractivity contribution in [1.82, 2.24) is 9.29 Å². The number of nitrogens with one attached hydrogen (secondary N) is 1. The lowest BCUT2D eigenvalue weighted by atomic mass is 10.1. The van der Waals surface area contributed by atoms with Crippen LogP contribution in [-0.2, 0) is 14.8 Å². The summed E-state index contributed by atoms with van der Waals surface area (Å²) in [6, 6.07) is 9.17. The van der Waals surface area contributed by atoms with Gasteiger partial charge in [0.2, 0.25) is 10.0 Å². The maximum absolute atomic E-state index is 13.4. The van der Waals surface area contributed by atoms with Crippen molar-refractivity contribution < 1.29 is 23.1 Å². The zero-order valence-electron chi connectivity index (χ0n) is 16.0. The monoisotopic (exact) mass is 481 g/mol. The number of hydrogen-bond acceptors (Lipinski definition) is 6. The lowest BCUT2D eigenvalue weighted by molar-refractivity contribution is 0.0698. The number of aromatic carboxylic acids is 1. The van der Waals surface area contributed by atoms with Crippen molar-refractivity contribution in [3.8, 4) is 0 Å². The highest BCUT2D eigenvalue weighted by Gasteiger charge is 2.30. The van der Waals surface area contributed by atoms with Gasteiger partial charge in [0, 0.05) is 34.7 Å². The van der Waals surface area contributed by atoms with Crippen LogP contribution in [0.25, 0.3) is 10.9 Å². The van der Waals surface area contributed by atoms with Crippen molar-refractivity contribution >= 4 is 61.5 Å². The van der Waals surface area contributed by atoms with E-state index in [1.54, 1.807) is 18.2 Å². The molecule has 1 aliphatic rings. The molecule has 0 aliphatic carbocycles. The van der Waals surface area contributed by atoms with E-state index in [4.69, 9.17) is 27.9 Å². The molecular formula is C20H17Cl2N3O5S. The number of hydrogen-bond donors (Lipinski definition) is 2. The third kappa shape index (κ3) is 4.32. The van der Waals surface area contributed by atoms with Gasteiger partial charge in [0.25, 0.3) is 0 Å². The second-order valence-corrected chi connectivity index (χ2v) is 9.57. The number of ether oxygens (including phenoxy) is 1. The first-order valence-corrected chi connectivity index (χ1v) is 11.4. The Kier molecular flexibility index (Phi) is 6.05. The molecule has 0 radical (unpaired) electrons. The average molecular weight is 482 g/mol. The Morgan fingerprint density at radius 3 is 2.48 bits per heavy atom. The molecule has 162 valence electrons. The Labute approximate surface area is 188 Å². The minimum Gasteiger partial charge on any atom is -0.478 e. The SMILES string of the molecule is O=C(O)c1cc(Cl)ccc1Nc1c(S(=O)(=O)N2CCOCC2)cnc2ccc(Cl)cc12. The van der Waals surface area contributed by atoms with E-state index in [0.29, 0.717) is 15.9 Å². The standard InChI is InChI=1S/C20H17Cl2N3O5S/c21-12-1-3-16-14(9-12)19(24-17-4-2-13(22)10-15(17)20(26)27)18(11-23-16)31(28,29)25-5-7-30-8-6-25/h1-4,9-11H,5-8H2,(H,23,24)(H,26,27). The molecule has 0 amide bonds. The van der Waals surface area contributed by atoms with E-state index in [2.05, 4.69) is 10.3 Å². The number of fused-ring (bicyclic) bond motifs is 1. The summed E-state index contributed by atoms with van der Waals surface area (Å²) in [4.78, 5) is 15.9. The number of anilines is 2. The van der Waals surface area contributed by atoms with Gasteiger partial charge in [-0.2, -0.15) is 4.31 Å². The van der Waals surface area contributed by atoms with E-state index >= 15 is 0 Å². The quantitative estimate of drug-likeness (QED) is 0.566. The van der Waals surface area contributed by atoms with E-state index in [-0.39, 0.29) is 53.2 Å². The van der Waals surface area contributed by atoms with Crippen molar-refractivity contribution in [2.45, 2.75) is 4.90 Å². The van der Waals surface area contributed by atoms with Crippen LogP contribution < -0.4 is 5.32 Å². The van der Waals surface area contributed by atoms with Crippen LogP contribution >= 0.6 is 23.2 Å². The zero-order valence-corrected chi connectivity index (χ0v) is 18.3. The molecular weight excluding hydrogens is 465 g/mol. The van der Waals surface area contributed by atoms with Crippen molar-refractivity contribution in [3.63, 3.8) is 0 Å². The van der Waals surface area contributed by atoms with E-state index in [9.17, 15) is 18.3 Å². The predicted molar refractivity (Wildman–Crippen MR) is 118 cm³/mol. The van der Waals surface area contributed by atoms with Crippen molar-refractivity contribution in [2.75, 3.05) is 31.6 Å².